The highest BCUT2D eigenvalue weighted by Gasteiger charge is 2.49. The number of fused-ring (bicyclic) bond motifs is 6. The molecule has 222 valence electrons. The predicted molar refractivity (Wildman–Crippen MR) is 153 cm³/mol. The fraction of sp³-hybridized carbons (Fsp3) is 0.548. The van der Waals surface area contributed by atoms with Gasteiger partial charge in [0.05, 0.1) is 23.5 Å². The smallest absolute Gasteiger partial charge is 0.318 e. The molecule has 0 amide bonds. The van der Waals surface area contributed by atoms with Crippen LogP contribution in [0.25, 0.3) is 10.8 Å². The number of hydrogen-bond donors (Lipinski definition) is 2. The zero-order chi connectivity index (χ0) is 30.4. The first-order valence-corrected chi connectivity index (χ1v) is 14.9. The first-order chi connectivity index (χ1) is 21.1. The number of hydrogen-bond acceptors (Lipinski definition) is 8. The van der Waals surface area contributed by atoms with Gasteiger partial charge in [-0.25, -0.2) is 13.2 Å². The Kier molecular flexibility index (Phi) is 5.68. The molecule has 2 unspecified atom stereocenters. The number of nitrogens with one attached hydrogen (secondary N) is 1. The Labute approximate surface area is 245 Å². The van der Waals surface area contributed by atoms with Crippen LogP contribution in [0.15, 0.2) is 24.3 Å². The molecule has 6 aliphatic rings. The van der Waals surface area contributed by atoms with E-state index < -0.39 is 29.8 Å². The summed E-state index contributed by atoms with van der Waals surface area (Å²) < 4.78 is 67.2. The fourth-order valence-corrected chi connectivity index (χ4v) is 7.75. The van der Waals surface area contributed by atoms with Crippen molar-refractivity contribution in [1.82, 2.24) is 20.2 Å². The van der Waals surface area contributed by atoms with E-state index in [0.29, 0.717) is 48.6 Å². The second-order valence-electron chi connectivity index (χ2n) is 12.4. The van der Waals surface area contributed by atoms with E-state index in [2.05, 4.69) is 10.2 Å². The number of halogens is 3. The number of piperazine rings is 1. The van der Waals surface area contributed by atoms with Crippen molar-refractivity contribution in [2.45, 2.75) is 68.9 Å². The van der Waals surface area contributed by atoms with Gasteiger partial charge in [-0.05, 0) is 56.1 Å². The fourth-order valence-electron chi connectivity index (χ4n) is 7.75. The first kappa shape index (κ1) is 24.2. The molecule has 5 fully saturated rings. The maximum Gasteiger partial charge on any atom is 0.318 e. The van der Waals surface area contributed by atoms with Gasteiger partial charge in [-0.2, -0.15) is 9.97 Å². The largest absolute Gasteiger partial charge is 0.508 e. The number of aromatic hydroxyl groups is 1. The third kappa shape index (κ3) is 4.26. The van der Waals surface area contributed by atoms with Crippen LogP contribution in [-0.4, -0.2) is 83.1 Å². The molecule has 0 saturated carbocycles. The second-order valence-corrected chi connectivity index (χ2v) is 12.4. The molecule has 11 heteroatoms. The molecule has 8 nitrogen and oxygen atoms in total. The normalized spacial score (nSPS) is 30.8. The number of nitrogens with zero attached hydrogens (tertiary/aromatic N) is 5. The molecule has 42 heavy (non-hydrogen) atoms. The molecule has 7 heterocycles. The number of benzene rings is 2. The molecule has 5 saturated heterocycles. The van der Waals surface area contributed by atoms with Crippen LogP contribution in [0.5, 0.6) is 11.8 Å². The van der Waals surface area contributed by atoms with Crippen molar-refractivity contribution in [3.63, 3.8) is 0 Å². The minimum atomic E-state index is -1.59. The van der Waals surface area contributed by atoms with Crippen LogP contribution in [0, 0.1) is 11.6 Å². The molecule has 6 aliphatic heterocycles. The summed E-state index contributed by atoms with van der Waals surface area (Å²) in [5.41, 5.74) is 1.31. The van der Waals surface area contributed by atoms with Gasteiger partial charge in [0, 0.05) is 64.4 Å². The van der Waals surface area contributed by atoms with Crippen LogP contribution >= 0.6 is 0 Å². The van der Waals surface area contributed by atoms with Crippen LogP contribution < -0.4 is 19.9 Å². The molecule has 2 bridgehead atoms. The van der Waals surface area contributed by atoms with Gasteiger partial charge >= 0.3 is 6.01 Å². The Balaban J connectivity index is 1.16. The van der Waals surface area contributed by atoms with Gasteiger partial charge in [-0.1, -0.05) is 6.07 Å². The summed E-state index contributed by atoms with van der Waals surface area (Å²) >= 11 is 0. The monoisotopic (exact) mass is 582 g/mol. The molecular formula is C31H35F3N6O2. The van der Waals surface area contributed by atoms with E-state index in [0.717, 1.165) is 43.4 Å². The number of anilines is 2. The van der Waals surface area contributed by atoms with Crippen molar-refractivity contribution < 1.29 is 25.8 Å². The third-order valence-corrected chi connectivity index (χ3v) is 9.87. The maximum absolute atomic E-state index is 15.1. The lowest BCUT2D eigenvalue weighted by Crippen LogP contribution is -2.61. The van der Waals surface area contributed by atoms with E-state index in [1.165, 1.54) is 18.2 Å². The van der Waals surface area contributed by atoms with Gasteiger partial charge in [-0.15, -0.1) is 0 Å². The third-order valence-electron chi connectivity index (χ3n) is 9.87. The molecule has 0 radical (unpaired) electrons. The van der Waals surface area contributed by atoms with Crippen LogP contribution in [0.3, 0.4) is 0 Å². The van der Waals surface area contributed by atoms with Crippen LogP contribution in [0.2, 0.25) is 0 Å². The quantitative estimate of drug-likeness (QED) is 0.467. The number of piperidine rings is 2. The summed E-state index contributed by atoms with van der Waals surface area (Å²) in [6, 6.07) is 6.18. The number of aromatic nitrogens is 2. The van der Waals surface area contributed by atoms with Gasteiger partial charge in [0.15, 0.2) is 11.6 Å². The highest BCUT2D eigenvalue weighted by Crippen LogP contribution is 2.42. The van der Waals surface area contributed by atoms with Gasteiger partial charge in [-0.3, -0.25) is 4.90 Å². The van der Waals surface area contributed by atoms with Crippen LogP contribution in [-0.2, 0) is 13.0 Å². The van der Waals surface area contributed by atoms with Crippen molar-refractivity contribution in [2.24, 2.45) is 0 Å². The summed E-state index contributed by atoms with van der Waals surface area (Å²) in [5, 5.41) is 14.5. The Bertz CT molecular complexity index is 1640. The molecule has 0 spiro atoms. The molecule has 3 aromatic rings. The number of phenolic OH excluding ortho intramolecular Hbond substituents is 1. The van der Waals surface area contributed by atoms with E-state index in [1.807, 2.05) is 4.90 Å². The molecule has 1 aromatic heterocycles. The Morgan fingerprint density at radius 3 is 2.90 bits per heavy atom. The molecule has 9 rings (SSSR count). The number of rotatable bonds is 5. The average molecular weight is 583 g/mol. The van der Waals surface area contributed by atoms with E-state index >= 15 is 4.39 Å². The minimum absolute atomic E-state index is 0.0422. The van der Waals surface area contributed by atoms with Crippen LogP contribution in [0.4, 0.5) is 24.7 Å². The van der Waals surface area contributed by atoms with Gasteiger partial charge in [0.2, 0.25) is 0 Å². The summed E-state index contributed by atoms with van der Waals surface area (Å²) in [6.07, 6.45) is 2.58. The Morgan fingerprint density at radius 2 is 2.10 bits per heavy atom. The maximum atomic E-state index is 15.1. The molecular weight excluding hydrogens is 545 g/mol. The highest BCUT2D eigenvalue weighted by molar-refractivity contribution is 5.96. The highest BCUT2D eigenvalue weighted by atomic mass is 19.2. The standard InChI is InChI=1S/C31H35F3N6O2/c32-19-12-31(7-1-8-39(31)14-19)17-42-30-36-25-16-38(26-11-22(41)10-18-2-5-24(33)28(34)27(18)26)9-6-23(25)29(37-30)40-15-20-3-4-21(40)13-35-20/h2,5,10-11,19-21,35,41H,1,3-4,6-9,12-17H2/t19-,20?,21?,31+/m1/s1/i8D2. The zero-order valence-corrected chi connectivity index (χ0v) is 23.3. The van der Waals surface area contributed by atoms with E-state index in [1.54, 1.807) is 4.90 Å². The van der Waals surface area contributed by atoms with Crippen molar-refractivity contribution in [3.05, 3.63) is 47.2 Å². The molecule has 0 aliphatic carbocycles. The SMILES string of the molecule is [2H]C1([2H])CC[C@@]2(COc3nc4c(c(N5CC6CCC5CN6)n3)CCN(c3cc(O)cc5ccc(F)c(F)c35)C4)C[C@@H](F)CN12. The summed E-state index contributed by atoms with van der Waals surface area (Å²) in [6.45, 7) is 0.943. The summed E-state index contributed by atoms with van der Waals surface area (Å²) in [7, 11) is 0. The number of alkyl halides is 1. The van der Waals surface area contributed by atoms with Gasteiger partial charge < -0.3 is 25.0 Å². The lowest BCUT2D eigenvalue weighted by molar-refractivity contribution is 0.107. The topological polar surface area (TPSA) is 77.0 Å². The second kappa shape index (κ2) is 9.87. The molecule has 2 aromatic carbocycles. The lowest BCUT2D eigenvalue weighted by Gasteiger charge is -2.47. The zero-order valence-electron chi connectivity index (χ0n) is 25.3. The predicted octanol–water partition coefficient (Wildman–Crippen LogP) is 4.07. The lowest BCUT2D eigenvalue weighted by atomic mass is 9.92. The van der Waals surface area contributed by atoms with Crippen molar-refractivity contribution in [1.29, 1.82) is 0 Å². The molecule has 2 N–H and O–H groups in total. The first-order valence-electron chi connectivity index (χ1n) is 15.9. The Morgan fingerprint density at radius 1 is 1.19 bits per heavy atom. The Hall–Kier alpha value is -3.31. The van der Waals surface area contributed by atoms with Crippen molar-refractivity contribution >= 4 is 22.3 Å². The summed E-state index contributed by atoms with van der Waals surface area (Å²) in [5.74, 6) is -1.15. The van der Waals surface area contributed by atoms with Crippen molar-refractivity contribution in [3.8, 4) is 11.8 Å². The van der Waals surface area contributed by atoms with E-state index in [-0.39, 0.29) is 49.3 Å². The van der Waals surface area contributed by atoms with Gasteiger partial charge in [0.25, 0.3) is 0 Å². The van der Waals surface area contributed by atoms with E-state index in [4.69, 9.17) is 17.4 Å². The molecule has 4 atom stereocenters. The summed E-state index contributed by atoms with van der Waals surface area (Å²) in [4.78, 5) is 15.6. The van der Waals surface area contributed by atoms with Crippen molar-refractivity contribution in [2.75, 3.05) is 49.1 Å². The number of phenols is 1. The average Bonchev–Trinajstić information content (AvgIpc) is 3.49. The van der Waals surface area contributed by atoms with E-state index in [9.17, 15) is 13.9 Å². The number of ether oxygens (including phenoxy) is 1. The van der Waals surface area contributed by atoms with Crippen LogP contribution in [0.1, 0.15) is 46.1 Å². The minimum Gasteiger partial charge on any atom is -0.508 e. The van der Waals surface area contributed by atoms with Gasteiger partial charge in [0.1, 0.15) is 24.3 Å².